The summed E-state index contributed by atoms with van der Waals surface area (Å²) in [5, 5.41) is 0. The zero-order valence-corrected chi connectivity index (χ0v) is 10.7. The zero-order valence-electron chi connectivity index (χ0n) is 10.7. The number of amides is 1. The van der Waals surface area contributed by atoms with E-state index in [1.807, 2.05) is 32.3 Å². The average molecular weight is 240 g/mol. The second-order valence-electron chi connectivity index (χ2n) is 5.38. The largest absolute Gasteiger partial charge is 0.444 e. The molecule has 6 nitrogen and oxygen atoms in total. The van der Waals surface area contributed by atoms with Crippen molar-refractivity contribution in [2.24, 2.45) is 5.73 Å². The summed E-state index contributed by atoms with van der Waals surface area (Å²) in [5.74, 6) is 0.465. The number of rotatable bonds is 4. The molecule has 0 saturated heterocycles. The summed E-state index contributed by atoms with van der Waals surface area (Å²) in [5.41, 5.74) is 9.70. The van der Waals surface area contributed by atoms with Crippen molar-refractivity contribution in [2.45, 2.75) is 45.3 Å². The number of carbonyl (C=O) groups is 1. The summed E-state index contributed by atoms with van der Waals surface area (Å²) in [4.78, 5) is 14.8. The van der Waals surface area contributed by atoms with Crippen LogP contribution in [0.15, 0.2) is 12.5 Å². The maximum absolute atomic E-state index is 10.8. The molecule has 0 aliphatic rings. The van der Waals surface area contributed by atoms with Crippen LogP contribution in [0.4, 0.5) is 10.6 Å². The first kappa shape index (κ1) is 13.3. The second-order valence-corrected chi connectivity index (χ2v) is 5.38. The molecule has 4 N–H and O–H groups in total. The summed E-state index contributed by atoms with van der Waals surface area (Å²) >= 11 is 0. The lowest BCUT2D eigenvalue weighted by atomic mass is 9.89. The van der Waals surface area contributed by atoms with Gasteiger partial charge in [-0.15, -0.1) is 0 Å². The SMILES string of the molecule is CC(C)(CC(C)(C)n1cnc(N)c1)OC(N)=O. The van der Waals surface area contributed by atoms with Crippen LogP contribution in [-0.4, -0.2) is 21.2 Å². The van der Waals surface area contributed by atoms with E-state index < -0.39 is 11.7 Å². The number of anilines is 1. The number of nitrogen functional groups attached to an aromatic ring is 1. The number of ether oxygens (including phenoxy) is 1. The molecule has 96 valence electrons. The first-order valence-corrected chi connectivity index (χ1v) is 5.41. The molecule has 1 rings (SSSR count). The molecule has 0 radical (unpaired) electrons. The molecule has 0 atom stereocenters. The number of imidazole rings is 1. The first-order valence-electron chi connectivity index (χ1n) is 5.41. The van der Waals surface area contributed by atoms with Gasteiger partial charge in [-0.05, 0) is 27.7 Å². The summed E-state index contributed by atoms with van der Waals surface area (Å²) in [6, 6.07) is 0. The molecule has 0 aliphatic carbocycles. The molecule has 17 heavy (non-hydrogen) atoms. The Morgan fingerprint density at radius 1 is 1.47 bits per heavy atom. The van der Waals surface area contributed by atoms with E-state index in [2.05, 4.69) is 4.98 Å². The lowest BCUT2D eigenvalue weighted by Crippen LogP contribution is -2.39. The fourth-order valence-electron chi connectivity index (χ4n) is 2.11. The minimum Gasteiger partial charge on any atom is -0.444 e. The van der Waals surface area contributed by atoms with Crippen molar-refractivity contribution in [1.29, 1.82) is 0 Å². The van der Waals surface area contributed by atoms with E-state index in [-0.39, 0.29) is 5.54 Å². The third-order valence-corrected chi connectivity index (χ3v) is 2.54. The first-order chi connectivity index (χ1) is 7.62. The van der Waals surface area contributed by atoms with Gasteiger partial charge in [0, 0.05) is 18.2 Å². The Balaban J connectivity index is 2.82. The fourth-order valence-corrected chi connectivity index (χ4v) is 2.11. The summed E-state index contributed by atoms with van der Waals surface area (Å²) in [6.07, 6.45) is 3.24. The third kappa shape index (κ3) is 3.65. The van der Waals surface area contributed by atoms with Gasteiger partial charge in [0.15, 0.2) is 0 Å². The molecule has 1 aromatic rings. The molecule has 0 bridgehead atoms. The number of aromatic nitrogens is 2. The molecule has 0 aromatic carbocycles. The lowest BCUT2D eigenvalue weighted by Gasteiger charge is -2.35. The van der Waals surface area contributed by atoms with Gasteiger partial charge in [0.2, 0.25) is 0 Å². The van der Waals surface area contributed by atoms with Gasteiger partial charge in [0.1, 0.15) is 11.4 Å². The molecular weight excluding hydrogens is 220 g/mol. The van der Waals surface area contributed by atoms with Gasteiger partial charge in [0.25, 0.3) is 0 Å². The minimum atomic E-state index is -0.768. The van der Waals surface area contributed by atoms with Crippen molar-refractivity contribution in [3.8, 4) is 0 Å². The molecule has 0 saturated carbocycles. The fraction of sp³-hybridized carbons (Fsp3) is 0.636. The molecule has 0 aliphatic heterocycles. The smallest absolute Gasteiger partial charge is 0.405 e. The number of hydrogen-bond donors (Lipinski definition) is 2. The highest BCUT2D eigenvalue weighted by molar-refractivity contribution is 5.65. The monoisotopic (exact) mass is 240 g/mol. The molecule has 6 heteroatoms. The molecule has 1 amide bonds. The van der Waals surface area contributed by atoms with Crippen molar-refractivity contribution in [3.63, 3.8) is 0 Å². The summed E-state index contributed by atoms with van der Waals surface area (Å²) in [6.45, 7) is 7.67. The Morgan fingerprint density at radius 2 is 2.06 bits per heavy atom. The number of nitrogens with zero attached hydrogens (tertiary/aromatic N) is 2. The maximum Gasteiger partial charge on any atom is 0.405 e. The van der Waals surface area contributed by atoms with Gasteiger partial charge in [0.05, 0.1) is 6.33 Å². The van der Waals surface area contributed by atoms with E-state index in [0.717, 1.165) is 0 Å². The number of nitrogens with two attached hydrogens (primary N) is 2. The lowest BCUT2D eigenvalue weighted by molar-refractivity contribution is 0.0142. The summed E-state index contributed by atoms with van der Waals surface area (Å²) < 4.78 is 6.97. The topological polar surface area (TPSA) is 96.2 Å². The minimum absolute atomic E-state index is 0.274. The number of primary amides is 1. The van der Waals surface area contributed by atoms with Crippen LogP contribution >= 0.6 is 0 Å². The normalized spacial score (nSPS) is 12.5. The van der Waals surface area contributed by atoms with Gasteiger partial charge < -0.3 is 20.8 Å². The van der Waals surface area contributed by atoms with Crippen LogP contribution in [0.3, 0.4) is 0 Å². The Morgan fingerprint density at radius 3 is 2.47 bits per heavy atom. The highest BCUT2D eigenvalue weighted by Crippen LogP contribution is 2.29. The predicted octanol–water partition coefficient (Wildman–Crippen LogP) is 1.46. The van der Waals surface area contributed by atoms with Crippen molar-refractivity contribution in [2.75, 3.05) is 5.73 Å². The zero-order chi connectivity index (χ0) is 13.3. The molecule has 1 aromatic heterocycles. The van der Waals surface area contributed by atoms with E-state index in [9.17, 15) is 4.79 Å². The Bertz CT molecular complexity index is 409. The molecule has 0 unspecified atom stereocenters. The van der Waals surface area contributed by atoms with Crippen LogP contribution in [0.25, 0.3) is 0 Å². The van der Waals surface area contributed by atoms with Crippen LogP contribution in [-0.2, 0) is 10.3 Å². The van der Waals surface area contributed by atoms with Crippen LogP contribution in [0.5, 0.6) is 0 Å². The van der Waals surface area contributed by atoms with Crippen LogP contribution < -0.4 is 11.5 Å². The van der Waals surface area contributed by atoms with Crippen LogP contribution in [0.1, 0.15) is 34.1 Å². The Kier molecular flexibility index (Phi) is 3.35. The number of carbonyl (C=O) groups excluding carboxylic acids is 1. The maximum atomic E-state index is 10.8. The van der Waals surface area contributed by atoms with Crippen molar-refractivity contribution < 1.29 is 9.53 Å². The number of hydrogen-bond acceptors (Lipinski definition) is 4. The van der Waals surface area contributed by atoms with E-state index in [4.69, 9.17) is 16.2 Å². The average Bonchev–Trinajstić information content (AvgIpc) is 2.46. The van der Waals surface area contributed by atoms with Gasteiger partial charge in [-0.3, -0.25) is 0 Å². The van der Waals surface area contributed by atoms with E-state index in [1.54, 1.807) is 12.5 Å². The van der Waals surface area contributed by atoms with Crippen LogP contribution in [0.2, 0.25) is 0 Å². The van der Waals surface area contributed by atoms with E-state index in [1.165, 1.54) is 0 Å². The molecule has 0 fully saturated rings. The van der Waals surface area contributed by atoms with E-state index in [0.29, 0.717) is 12.2 Å². The molecule has 0 spiro atoms. The van der Waals surface area contributed by atoms with Gasteiger partial charge in [-0.1, -0.05) is 0 Å². The van der Waals surface area contributed by atoms with Crippen molar-refractivity contribution in [3.05, 3.63) is 12.5 Å². The highest BCUT2D eigenvalue weighted by atomic mass is 16.6. The molecular formula is C11H20N4O2. The van der Waals surface area contributed by atoms with E-state index >= 15 is 0 Å². The van der Waals surface area contributed by atoms with Gasteiger partial charge in [-0.2, -0.15) is 0 Å². The standard InChI is InChI=1S/C11H20N4O2/c1-10(2,15-5-8(12)14-7-15)6-11(3,4)17-9(13)16/h5,7H,6,12H2,1-4H3,(H2,13,16). The predicted molar refractivity (Wildman–Crippen MR) is 65.3 cm³/mol. The van der Waals surface area contributed by atoms with Crippen molar-refractivity contribution in [1.82, 2.24) is 9.55 Å². The van der Waals surface area contributed by atoms with Gasteiger partial charge >= 0.3 is 6.09 Å². The van der Waals surface area contributed by atoms with Gasteiger partial charge in [-0.25, -0.2) is 9.78 Å². The quantitative estimate of drug-likeness (QED) is 0.832. The van der Waals surface area contributed by atoms with Crippen molar-refractivity contribution >= 4 is 11.9 Å². The second kappa shape index (κ2) is 4.27. The Hall–Kier alpha value is -1.72. The van der Waals surface area contributed by atoms with Crippen LogP contribution in [0, 0.1) is 0 Å². The molecule has 1 heterocycles. The Labute approximate surface area is 101 Å². The highest BCUT2D eigenvalue weighted by Gasteiger charge is 2.32. The third-order valence-electron chi connectivity index (χ3n) is 2.54. The summed E-state index contributed by atoms with van der Waals surface area (Å²) in [7, 11) is 0.